The van der Waals surface area contributed by atoms with E-state index in [0.717, 1.165) is 16.9 Å². The summed E-state index contributed by atoms with van der Waals surface area (Å²) in [5.41, 5.74) is 9.95. The minimum absolute atomic E-state index is 0.228. The van der Waals surface area contributed by atoms with Crippen LogP contribution < -0.4 is 11.1 Å². The normalized spacial score (nSPS) is 12.1. The maximum Gasteiger partial charge on any atom is 0.0500 e. The van der Waals surface area contributed by atoms with E-state index in [1.54, 1.807) is 6.20 Å². The predicted octanol–water partition coefficient (Wildman–Crippen LogP) is 3.15. The quantitative estimate of drug-likeness (QED) is 0.792. The number of anilines is 2. The van der Waals surface area contributed by atoms with Gasteiger partial charge in [-0.25, -0.2) is 0 Å². The molecule has 1 heterocycles. The third-order valence-corrected chi connectivity index (χ3v) is 2.84. The van der Waals surface area contributed by atoms with E-state index in [1.165, 1.54) is 5.56 Å². The summed E-state index contributed by atoms with van der Waals surface area (Å²) in [6, 6.07) is 10.2. The Morgan fingerprint density at radius 3 is 2.76 bits per heavy atom. The summed E-state index contributed by atoms with van der Waals surface area (Å²) < 4.78 is 0. The smallest absolute Gasteiger partial charge is 0.0500 e. The summed E-state index contributed by atoms with van der Waals surface area (Å²) in [6.45, 7) is 4.12. The highest BCUT2D eigenvalue weighted by atomic mass is 14.9. The molecule has 3 N–H and O–H groups in total. The third-order valence-electron chi connectivity index (χ3n) is 2.84. The molecule has 0 bridgehead atoms. The number of pyridine rings is 1. The second kappa shape index (κ2) is 4.87. The van der Waals surface area contributed by atoms with Gasteiger partial charge in [0.25, 0.3) is 0 Å². The van der Waals surface area contributed by atoms with Crippen LogP contribution in [0.15, 0.2) is 42.7 Å². The van der Waals surface area contributed by atoms with Gasteiger partial charge in [-0.1, -0.05) is 6.07 Å². The minimum Gasteiger partial charge on any atom is -0.399 e. The molecule has 0 spiro atoms. The standard InChI is InChI=1S/C14H17N3/c1-10-8-13(5-6-14(10)15)17-11(2)12-4-3-7-16-9-12/h3-9,11,17H,15H2,1-2H3. The van der Waals surface area contributed by atoms with Crippen molar-refractivity contribution in [3.63, 3.8) is 0 Å². The molecule has 17 heavy (non-hydrogen) atoms. The van der Waals surface area contributed by atoms with Gasteiger partial charge in [0, 0.05) is 23.8 Å². The fourth-order valence-corrected chi connectivity index (χ4v) is 1.73. The maximum atomic E-state index is 5.79. The first-order chi connectivity index (χ1) is 8.16. The van der Waals surface area contributed by atoms with Gasteiger partial charge < -0.3 is 11.1 Å². The molecule has 1 aromatic heterocycles. The van der Waals surface area contributed by atoms with Gasteiger partial charge in [0.15, 0.2) is 0 Å². The Kier molecular flexibility index (Phi) is 3.28. The van der Waals surface area contributed by atoms with Crippen molar-refractivity contribution in [3.8, 4) is 0 Å². The van der Waals surface area contributed by atoms with Crippen LogP contribution in [0.1, 0.15) is 24.1 Å². The molecule has 2 rings (SSSR count). The number of hydrogen-bond acceptors (Lipinski definition) is 3. The summed E-state index contributed by atoms with van der Waals surface area (Å²) in [5.74, 6) is 0. The van der Waals surface area contributed by atoms with Gasteiger partial charge >= 0.3 is 0 Å². The molecule has 88 valence electrons. The minimum atomic E-state index is 0.228. The van der Waals surface area contributed by atoms with Gasteiger partial charge in [0.05, 0.1) is 6.04 Å². The number of nitrogens with one attached hydrogen (secondary N) is 1. The Bertz CT molecular complexity index is 494. The lowest BCUT2D eigenvalue weighted by atomic mass is 10.1. The number of aromatic nitrogens is 1. The van der Waals surface area contributed by atoms with E-state index in [0.29, 0.717) is 0 Å². The van der Waals surface area contributed by atoms with E-state index in [9.17, 15) is 0 Å². The monoisotopic (exact) mass is 227 g/mol. The molecule has 0 aliphatic carbocycles. The maximum absolute atomic E-state index is 5.79. The number of nitrogens with zero attached hydrogens (tertiary/aromatic N) is 1. The van der Waals surface area contributed by atoms with Crippen LogP contribution in [0.4, 0.5) is 11.4 Å². The SMILES string of the molecule is Cc1cc(NC(C)c2cccnc2)ccc1N. The van der Waals surface area contributed by atoms with Crippen LogP contribution in [0, 0.1) is 6.92 Å². The molecule has 1 atom stereocenters. The highest BCUT2D eigenvalue weighted by Gasteiger charge is 2.05. The molecule has 0 fully saturated rings. The number of benzene rings is 1. The van der Waals surface area contributed by atoms with Crippen molar-refractivity contribution in [2.75, 3.05) is 11.1 Å². The Balaban J connectivity index is 2.13. The molecular weight excluding hydrogens is 210 g/mol. The molecule has 0 saturated heterocycles. The van der Waals surface area contributed by atoms with Crippen molar-refractivity contribution >= 4 is 11.4 Å². The van der Waals surface area contributed by atoms with Crippen LogP contribution >= 0.6 is 0 Å². The molecule has 0 radical (unpaired) electrons. The van der Waals surface area contributed by atoms with Gasteiger partial charge in [-0.05, 0) is 49.2 Å². The van der Waals surface area contributed by atoms with Crippen molar-refractivity contribution in [3.05, 3.63) is 53.9 Å². The fraction of sp³-hybridized carbons (Fsp3) is 0.214. The van der Waals surface area contributed by atoms with Crippen molar-refractivity contribution in [1.82, 2.24) is 4.98 Å². The Morgan fingerprint density at radius 1 is 1.29 bits per heavy atom. The van der Waals surface area contributed by atoms with Gasteiger partial charge in [-0.2, -0.15) is 0 Å². The lowest BCUT2D eigenvalue weighted by Crippen LogP contribution is -2.07. The molecule has 3 nitrogen and oxygen atoms in total. The predicted molar refractivity (Wildman–Crippen MR) is 71.9 cm³/mol. The molecule has 3 heteroatoms. The highest BCUT2D eigenvalue weighted by Crippen LogP contribution is 2.21. The fourth-order valence-electron chi connectivity index (χ4n) is 1.73. The van der Waals surface area contributed by atoms with Crippen LogP contribution in [0.5, 0.6) is 0 Å². The Morgan fingerprint density at radius 2 is 2.12 bits per heavy atom. The zero-order valence-electron chi connectivity index (χ0n) is 10.1. The molecule has 0 amide bonds. The second-order valence-electron chi connectivity index (χ2n) is 4.22. The van der Waals surface area contributed by atoms with Gasteiger partial charge in [0.1, 0.15) is 0 Å². The van der Waals surface area contributed by atoms with E-state index < -0.39 is 0 Å². The topological polar surface area (TPSA) is 50.9 Å². The molecular formula is C14H17N3. The van der Waals surface area contributed by atoms with Crippen molar-refractivity contribution in [2.45, 2.75) is 19.9 Å². The molecule has 0 aliphatic heterocycles. The van der Waals surface area contributed by atoms with E-state index >= 15 is 0 Å². The van der Waals surface area contributed by atoms with Crippen LogP contribution in [0.25, 0.3) is 0 Å². The number of nitrogens with two attached hydrogens (primary N) is 1. The molecule has 1 unspecified atom stereocenters. The summed E-state index contributed by atoms with van der Waals surface area (Å²) in [7, 11) is 0. The van der Waals surface area contributed by atoms with Gasteiger partial charge in [-0.15, -0.1) is 0 Å². The second-order valence-corrected chi connectivity index (χ2v) is 4.22. The van der Waals surface area contributed by atoms with E-state index in [1.807, 2.05) is 31.3 Å². The number of nitrogen functional groups attached to an aromatic ring is 1. The number of rotatable bonds is 3. The van der Waals surface area contributed by atoms with Gasteiger partial charge in [0.2, 0.25) is 0 Å². The molecule has 0 saturated carbocycles. The summed E-state index contributed by atoms with van der Waals surface area (Å²) in [5, 5.41) is 3.43. The number of hydrogen-bond donors (Lipinski definition) is 2. The largest absolute Gasteiger partial charge is 0.399 e. The van der Waals surface area contributed by atoms with Crippen LogP contribution in [-0.4, -0.2) is 4.98 Å². The Hall–Kier alpha value is -2.03. The van der Waals surface area contributed by atoms with E-state index in [4.69, 9.17) is 5.73 Å². The lowest BCUT2D eigenvalue weighted by molar-refractivity contribution is 0.875. The first kappa shape index (κ1) is 11.5. The Labute approximate surface area is 102 Å². The summed E-state index contributed by atoms with van der Waals surface area (Å²) in [6.07, 6.45) is 3.66. The van der Waals surface area contributed by atoms with E-state index in [2.05, 4.69) is 29.4 Å². The van der Waals surface area contributed by atoms with Crippen LogP contribution in [0.3, 0.4) is 0 Å². The van der Waals surface area contributed by atoms with E-state index in [-0.39, 0.29) is 6.04 Å². The van der Waals surface area contributed by atoms with Crippen LogP contribution in [-0.2, 0) is 0 Å². The average molecular weight is 227 g/mol. The first-order valence-electron chi connectivity index (χ1n) is 5.69. The summed E-state index contributed by atoms with van der Waals surface area (Å²) in [4.78, 5) is 4.12. The summed E-state index contributed by atoms with van der Waals surface area (Å²) >= 11 is 0. The average Bonchev–Trinajstić information content (AvgIpc) is 2.35. The van der Waals surface area contributed by atoms with Crippen molar-refractivity contribution in [2.24, 2.45) is 0 Å². The highest BCUT2D eigenvalue weighted by molar-refractivity contribution is 5.57. The first-order valence-corrected chi connectivity index (χ1v) is 5.69. The molecule has 0 aliphatic rings. The molecule has 1 aromatic carbocycles. The van der Waals surface area contributed by atoms with Crippen LogP contribution in [0.2, 0.25) is 0 Å². The third kappa shape index (κ3) is 2.75. The molecule has 2 aromatic rings. The van der Waals surface area contributed by atoms with Crippen molar-refractivity contribution in [1.29, 1.82) is 0 Å². The zero-order chi connectivity index (χ0) is 12.3. The number of aryl methyl sites for hydroxylation is 1. The van der Waals surface area contributed by atoms with Gasteiger partial charge in [-0.3, -0.25) is 4.98 Å². The zero-order valence-corrected chi connectivity index (χ0v) is 10.1. The lowest BCUT2D eigenvalue weighted by Gasteiger charge is -2.16. The van der Waals surface area contributed by atoms with Crippen molar-refractivity contribution < 1.29 is 0 Å².